The summed E-state index contributed by atoms with van der Waals surface area (Å²) >= 11 is 1.45. The minimum absolute atomic E-state index is 0.0353. The number of hydrogen-bond donors (Lipinski definition) is 1. The Morgan fingerprint density at radius 1 is 1.03 bits per heavy atom. The van der Waals surface area contributed by atoms with Gasteiger partial charge in [-0.2, -0.15) is 0 Å². The number of para-hydroxylation sites is 1. The lowest BCUT2D eigenvalue weighted by Gasteiger charge is -2.11. The van der Waals surface area contributed by atoms with Crippen LogP contribution in [-0.4, -0.2) is 25.6 Å². The first-order chi connectivity index (χ1) is 15.4. The molecule has 0 aliphatic carbocycles. The van der Waals surface area contributed by atoms with E-state index in [1.165, 1.54) is 17.8 Å². The molecular formula is C23H19N5O3S. The molecule has 0 saturated carbocycles. The molecule has 0 bridgehead atoms. The molecule has 0 saturated heterocycles. The number of hydrogen-bond acceptors (Lipinski definition) is 6. The fourth-order valence-corrected chi connectivity index (χ4v) is 4.11. The number of thioether (sulfide) groups is 1. The summed E-state index contributed by atoms with van der Waals surface area (Å²) in [6.45, 7) is 1.99. The largest absolute Gasteiger partial charge is 0.366 e. The Hall–Kier alpha value is -3.98. The van der Waals surface area contributed by atoms with E-state index in [1.54, 1.807) is 30.3 Å². The van der Waals surface area contributed by atoms with E-state index in [-0.39, 0.29) is 5.69 Å². The van der Waals surface area contributed by atoms with Crippen LogP contribution in [0, 0.1) is 17.0 Å². The maximum Gasteiger partial charge on any atom is 0.280 e. The van der Waals surface area contributed by atoms with E-state index >= 15 is 0 Å². The van der Waals surface area contributed by atoms with Crippen LogP contribution in [-0.2, 0) is 5.75 Å². The van der Waals surface area contributed by atoms with E-state index in [2.05, 4.69) is 10.2 Å². The quantitative estimate of drug-likeness (QED) is 0.253. The minimum Gasteiger partial charge on any atom is -0.366 e. The molecular weight excluding hydrogens is 426 g/mol. The van der Waals surface area contributed by atoms with E-state index in [4.69, 9.17) is 5.73 Å². The predicted octanol–water partition coefficient (Wildman–Crippen LogP) is 4.54. The molecule has 4 rings (SSSR count). The van der Waals surface area contributed by atoms with Gasteiger partial charge in [0.2, 0.25) is 5.91 Å². The molecule has 0 spiro atoms. The van der Waals surface area contributed by atoms with Crippen molar-refractivity contribution in [2.24, 2.45) is 5.73 Å². The van der Waals surface area contributed by atoms with Crippen LogP contribution in [0.2, 0.25) is 0 Å². The SMILES string of the molecule is Cc1ccc(-n2c(SCc3ccc(C(N)=O)cc3)nnc2-c2ccccc2[N+](=O)[O-])cc1. The van der Waals surface area contributed by atoms with Crippen LogP contribution in [0.15, 0.2) is 78.0 Å². The Bertz CT molecular complexity index is 1280. The summed E-state index contributed by atoms with van der Waals surface area (Å²) in [5, 5.41) is 20.8. The van der Waals surface area contributed by atoms with Gasteiger partial charge in [0.05, 0.1) is 10.5 Å². The third-order valence-electron chi connectivity index (χ3n) is 4.87. The average Bonchev–Trinajstić information content (AvgIpc) is 3.22. The Kier molecular flexibility index (Phi) is 6.00. The number of carbonyl (C=O) groups excluding carboxylic acids is 1. The number of amides is 1. The first kappa shape index (κ1) is 21.3. The van der Waals surface area contributed by atoms with Crippen molar-refractivity contribution in [2.45, 2.75) is 17.8 Å². The number of rotatable bonds is 7. The van der Waals surface area contributed by atoms with Crippen LogP contribution in [0.4, 0.5) is 5.69 Å². The Balaban J connectivity index is 1.74. The first-order valence-corrected chi connectivity index (χ1v) is 10.7. The maximum atomic E-state index is 11.6. The highest BCUT2D eigenvalue weighted by Gasteiger charge is 2.23. The molecule has 4 aromatic rings. The number of nitrogens with two attached hydrogens (primary N) is 1. The van der Waals surface area contributed by atoms with Gasteiger partial charge in [0.15, 0.2) is 11.0 Å². The monoisotopic (exact) mass is 445 g/mol. The van der Waals surface area contributed by atoms with Crippen LogP contribution in [0.5, 0.6) is 0 Å². The third kappa shape index (κ3) is 4.37. The van der Waals surface area contributed by atoms with Crippen molar-refractivity contribution in [3.05, 3.63) is 99.6 Å². The van der Waals surface area contributed by atoms with Gasteiger partial charge in [0, 0.05) is 23.1 Å². The molecule has 0 aliphatic rings. The van der Waals surface area contributed by atoms with Crippen LogP contribution < -0.4 is 5.73 Å². The number of nitro benzene ring substituents is 1. The average molecular weight is 446 g/mol. The summed E-state index contributed by atoms with van der Waals surface area (Å²) in [6, 6.07) is 21.3. The third-order valence-corrected chi connectivity index (χ3v) is 5.87. The lowest BCUT2D eigenvalue weighted by molar-refractivity contribution is -0.384. The lowest BCUT2D eigenvalue weighted by Crippen LogP contribution is -2.10. The molecule has 0 fully saturated rings. The zero-order valence-corrected chi connectivity index (χ0v) is 18.0. The fraction of sp³-hybridized carbons (Fsp3) is 0.0870. The van der Waals surface area contributed by atoms with Crippen molar-refractivity contribution in [1.82, 2.24) is 14.8 Å². The van der Waals surface area contributed by atoms with Gasteiger partial charge in [0.25, 0.3) is 5.69 Å². The summed E-state index contributed by atoms with van der Waals surface area (Å²) in [5.74, 6) is 0.491. The van der Waals surface area contributed by atoms with Gasteiger partial charge in [-0.15, -0.1) is 10.2 Å². The van der Waals surface area contributed by atoms with E-state index < -0.39 is 10.8 Å². The molecule has 2 N–H and O–H groups in total. The van der Waals surface area contributed by atoms with Gasteiger partial charge in [-0.25, -0.2) is 0 Å². The lowest BCUT2D eigenvalue weighted by atomic mass is 10.1. The molecule has 0 atom stereocenters. The summed E-state index contributed by atoms with van der Waals surface area (Å²) in [6.07, 6.45) is 0. The zero-order chi connectivity index (χ0) is 22.7. The van der Waals surface area contributed by atoms with Crippen molar-refractivity contribution < 1.29 is 9.72 Å². The second kappa shape index (κ2) is 9.03. The van der Waals surface area contributed by atoms with Crippen molar-refractivity contribution in [2.75, 3.05) is 0 Å². The van der Waals surface area contributed by atoms with Gasteiger partial charge in [-0.3, -0.25) is 19.5 Å². The maximum absolute atomic E-state index is 11.6. The molecule has 1 aromatic heterocycles. The number of nitrogens with zero attached hydrogens (tertiary/aromatic N) is 4. The van der Waals surface area contributed by atoms with Crippen LogP contribution in [0.3, 0.4) is 0 Å². The normalized spacial score (nSPS) is 10.8. The van der Waals surface area contributed by atoms with Gasteiger partial charge in [-0.1, -0.05) is 53.7 Å². The number of nitro groups is 1. The highest BCUT2D eigenvalue weighted by atomic mass is 32.2. The molecule has 1 heterocycles. The first-order valence-electron chi connectivity index (χ1n) is 9.72. The number of carbonyl (C=O) groups is 1. The number of primary amides is 1. The van der Waals surface area contributed by atoms with Crippen molar-refractivity contribution in [3.63, 3.8) is 0 Å². The molecule has 0 radical (unpaired) electrons. The zero-order valence-electron chi connectivity index (χ0n) is 17.1. The summed E-state index contributed by atoms with van der Waals surface area (Å²) < 4.78 is 1.82. The van der Waals surface area contributed by atoms with Crippen LogP contribution >= 0.6 is 11.8 Å². The van der Waals surface area contributed by atoms with Crippen molar-refractivity contribution in [1.29, 1.82) is 0 Å². The van der Waals surface area contributed by atoms with Gasteiger partial charge < -0.3 is 5.73 Å². The van der Waals surface area contributed by atoms with Gasteiger partial charge in [-0.05, 0) is 42.8 Å². The van der Waals surface area contributed by atoms with E-state index in [9.17, 15) is 14.9 Å². The smallest absolute Gasteiger partial charge is 0.280 e. The summed E-state index contributed by atoms with van der Waals surface area (Å²) in [5.41, 5.74) is 8.98. The molecule has 32 heavy (non-hydrogen) atoms. The second-order valence-electron chi connectivity index (χ2n) is 7.10. The molecule has 0 aliphatic heterocycles. The van der Waals surface area contributed by atoms with E-state index in [0.717, 1.165) is 16.8 Å². The highest BCUT2D eigenvalue weighted by Crippen LogP contribution is 2.34. The van der Waals surface area contributed by atoms with E-state index in [0.29, 0.717) is 27.9 Å². The molecule has 9 heteroatoms. The minimum atomic E-state index is -0.475. The van der Waals surface area contributed by atoms with Crippen molar-refractivity contribution >= 4 is 23.4 Å². The molecule has 3 aromatic carbocycles. The molecule has 0 unspecified atom stereocenters. The molecule has 8 nitrogen and oxygen atoms in total. The van der Waals surface area contributed by atoms with Gasteiger partial charge >= 0.3 is 0 Å². The predicted molar refractivity (Wildman–Crippen MR) is 123 cm³/mol. The number of benzene rings is 3. The summed E-state index contributed by atoms with van der Waals surface area (Å²) in [7, 11) is 0. The van der Waals surface area contributed by atoms with Crippen molar-refractivity contribution in [3.8, 4) is 17.1 Å². The van der Waals surface area contributed by atoms with Crippen LogP contribution in [0.1, 0.15) is 21.5 Å². The highest BCUT2D eigenvalue weighted by molar-refractivity contribution is 7.98. The Morgan fingerprint density at radius 2 is 1.72 bits per heavy atom. The van der Waals surface area contributed by atoms with Gasteiger partial charge in [0.1, 0.15) is 0 Å². The van der Waals surface area contributed by atoms with Crippen LogP contribution in [0.25, 0.3) is 17.1 Å². The Labute approximate surface area is 188 Å². The Morgan fingerprint density at radius 3 is 2.38 bits per heavy atom. The molecule has 160 valence electrons. The topological polar surface area (TPSA) is 117 Å². The summed E-state index contributed by atoms with van der Waals surface area (Å²) in [4.78, 5) is 22.4. The number of aromatic nitrogens is 3. The second-order valence-corrected chi connectivity index (χ2v) is 8.04. The fourth-order valence-electron chi connectivity index (χ4n) is 3.20. The standard InChI is InChI=1S/C23H19N5O3S/c1-15-6-12-18(13-7-15)27-22(19-4-2-3-5-20(19)28(30)31)25-26-23(27)32-14-16-8-10-17(11-9-16)21(24)29/h2-13H,14H2,1H3,(H2,24,29). The molecule has 1 amide bonds. The van der Waals surface area contributed by atoms with E-state index in [1.807, 2.05) is 47.9 Å². The number of aryl methyl sites for hydroxylation is 1.